The Morgan fingerprint density at radius 3 is 1.96 bits per heavy atom. The van der Waals surface area contributed by atoms with Crippen LogP contribution in [0.1, 0.15) is 26.3 Å². The van der Waals surface area contributed by atoms with Crippen molar-refractivity contribution in [2.45, 2.75) is 44.9 Å². The number of halogens is 3. The van der Waals surface area contributed by atoms with Crippen molar-refractivity contribution in [3.8, 4) is 0 Å². The van der Waals surface area contributed by atoms with Gasteiger partial charge in [-0.3, -0.25) is 14.7 Å². The molecule has 0 spiro atoms. The zero-order valence-electron chi connectivity index (χ0n) is 14.9. The van der Waals surface area contributed by atoms with Crippen LogP contribution < -0.4 is 5.32 Å². The Morgan fingerprint density at radius 2 is 1.62 bits per heavy atom. The number of benzene rings is 1. The van der Waals surface area contributed by atoms with Gasteiger partial charge in [0.05, 0.1) is 12.2 Å². The van der Waals surface area contributed by atoms with Gasteiger partial charge in [-0.15, -0.1) is 0 Å². The standard InChI is InChI=1S/C15H22N2O.CHF3O3S/c1-15(2,3)14-16-12(13(18)17(14)4)10-11-8-6-5-7-9-11;2-1(3,4)8(5,6)7/h5-9,12,14,16H,10H2,1-4H3;(H,5,6,7)/t12-,14-;/m0./s1. The van der Waals surface area contributed by atoms with Crippen LogP contribution in [0.3, 0.4) is 0 Å². The average molecular weight is 396 g/mol. The van der Waals surface area contributed by atoms with Gasteiger partial charge < -0.3 is 4.90 Å². The molecule has 0 radical (unpaired) electrons. The van der Waals surface area contributed by atoms with Crippen LogP contribution in [0, 0.1) is 5.41 Å². The average Bonchev–Trinajstić information content (AvgIpc) is 2.75. The summed E-state index contributed by atoms with van der Waals surface area (Å²) in [5.41, 5.74) is -4.28. The molecule has 10 heteroatoms. The van der Waals surface area contributed by atoms with Crippen molar-refractivity contribution in [2.24, 2.45) is 5.41 Å². The third kappa shape index (κ3) is 5.96. The van der Waals surface area contributed by atoms with Crippen molar-refractivity contribution in [1.29, 1.82) is 0 Å². The van der Waals surface area contributed by atoms with Crippen molar-refractivity contribution >= 4 is 16.0 Å². The molecule has 6 nitrogen and oxygen atoms in total. The van der Waals surface area contributed by atoms with Crippen molar-refractivity contribution in [3.63, 3.8) is 0 Å². The number of carbonyl (C=O) groups is 1. The predicted octanol–water partition coefficient (Wildman–Crippen LogP) is 2.43. The molecule has 2 rings (SSSR count). The maximum absolute atomic E-state index is 12.2. The highest BCUT2D eigenvalue weighted by atomic mass is 32.2. The summed E-state index contributed by atoms with van der Waals surface area (Å²) in [6.45, 7) is 6.46. The van der Waals surface area contributed by atoms with E-state index in [0.29, 0.717) is 0 Å². The SMILES string of the molecule is CN1C(=O)[C@H](Cc2ccccc2)N[C@@H]1C(C)(C)C.O=S(=O)(O)C(F)(F)F. The van der Waals surface area contributed by atoms with Crippen molar-refractivity contribution < 1.29 is 30.9 Å². The number of nitrogens with one attached hydrogen (secondary N) is 1. The first-order chi connectivity index (χ1) is 11.6. The normalized spacial score (nSPS) is 21.4. The highest BCUT2D eigenvalue weighted by molar-refractivity contribution is 7.86. The van der Waals surface area contributed by atoms with Crippen LogP contribution in [0.25, 0.3) is 0 Å². The van der Waals surface area contributed by atoms with Gasteiger partial charge in [0.2, 0.25) is 5.91 Å². The van der Waals surface area contributed by atoms with Gasteiger partial charge in [-0.2, -0.15) is 21.6 Å². The number of hydrogen-bond acceptors (Lipinski definition) is 4. The van der Waals surface area contributed by atoms with Crippen LogP contribution in [0.5, 0.6) is 0 Å². The highest BCUT2D eigenvalue weighted by Gasteiger charge is 2.44. The molecule has 1 aromatic rings. The van der Waals surface area contributed by atoms with E-state index < -0.39 is 15.6 Å². The summed E-state index contributed by atoms with van der Waals surface area (Å²) in [6.07, 6.45) is 0.870. The number of rotatable bonds is 2. The molecule has 148 valence electrons. The Morgan fingerprint density at radius 1 is 1.15 bits per heavy atom. The Bertz CT molecular complexity index is 715. The van der Waals surface area contributed by atoms with E-state index >= 15 is 0 Å². The fourth-order valence-electron chi connectivity index (χ4n) is 2.57. The number of amides is 1. The van der Waals surface area contributed by atoms with E-state index in [9.17, 15) is 18.0 Å². The Labute approximate surface area is 151 Å². The number of hydrogen-bond donors (Lipinski definition) is 2. The van der Waals surface area contributed by atoms with Gasteiger partial charge in [-0.05, 0) is 17.4 Å². The molecular weight excluding hydrogens is 373 g/mol. The quantitative estimate of drug-likeness (QED) is 0.592. The van der Waals surface area contributed by atoms with Crippen LogP contribution in [0.2, 0.25) is 0 Å². The predicted molar refractivity (Wildman–Crippen MR) is 90.7 cm³/mol. The van der Waals surface area contributed by atoms with E-state index in [0.717, 1.165) is 6.42 Å². The summed E-state index contributed by atoms with van der Waals surface area (Å²) < 4.78 is 57.5. The van der Waals surface area contributed by atoms with Gasteiger partial charge in [-0.1, -0.05) is 51.1 Å². The zero-order valence-corrected chi connectivity index (χ0v) is 15.7. The molecule has 1 fully saturated rings. The second-order valence-corrected chi connectivity index (χ2v) is 8.46. The third-order valence-electron chi connectivity index (χ3n) is 3.79. The van der Waals surface area contributed by atoms with Crippen molar-refractivity contribution in [1.82, 2.24) is 10.2 Å². The minimum atomic E-state index is -5.84. The first-order valence-electron chi connectivity index (χ1n) is 7.75. The molecule has 0 aliphatic carbocycles. The molecule has 1 aliphatic heterocycles. The lowest BCUT2D eigenvalue weighted by molar-refractivity contribution is -0.129. The summed E-state index contributed by atoms with van der Waals surface area (Å²) in [5.74, 6) is 0.193. The first-order valence-corrected chi connectivity index (χ1v) is 9.19. The second kappa shape index (κ2) is 7.93. The monoisotopic (exact) mass is 396 g/mol. The van der Waals surface area contributed by atoms with Gasteiger partial charge in [-0.25, -0.2) is 0 Å². The summed E-state index contributed by atoms with van der Waals surface area (Å²) in [6, 6.07) is 10.1. The molecule has 0 saturated carbocycles. The number of alkyl halides is 3. The Kier molecular flexibility index (Phi) is 6.83. The minimum Gasteiger partial charge on any atom is -0.328 e. The molecule has 0 bridgehead atoms. The summed E-state index contributed by atoms with van der Waals surface area (Å²) in [5, 5.41) is 3.46. The molecular formula is C16H23F3N2O4S. The van der Waals surface area contributed by atoms with Gasteiger partial charge in [0.25, 0.3) is 0 Å². The number of likely N-dealkylation sites (N-methyl/N-ethyl adjacent to an activating group) is 1. The fourth-order valence-corrected chi connectivity index (χ4v) is 2.57. The second-order valence-electron chi connectivity index (χ2n) is 7.05. The third-order valence-corrected chi connectivity index (χ3v) is 4.37. The van der Waals surface area contributed by atoms with Crippen molar-refractivity contribution in [2.75, 3.05) is 7.05 Å². The minimum absolute atomic E-state index is 0.0514. The van der Waals surface area contributed by atoms with E-state index in [1.807, 2.05) is 30.1 Å². The lowest BCUT2D eigenvalue weighted by Gasteiger charge is -2.32. The maximum atomic E-state index is 12.2. The van der Waals surface area contributed by atoms with E-state index in [1.165, 1.54) is 5.56 Å². The fraction of sp³-hybridized carbons (Fsp3) is 0.562. The number of nitrogens with zero attached hydrogens (tertiary/aromatic N) is 1. The van der Waals surface area contributed by atoms with Gasteiger partial charge in [0.1, 0.15) is 0 Å². The largest absolute Gasteiger partial charge is 0.522 e. The Hall–Kier alpha value is -1.65. The summed E-state index contributed by atoms with van der Waals surface area (Å²) >= 11 is 0. The molecule has 2 N–H and O–H groups in total. The van der Waals surface area contributed by atoms with E-state index in [1.54, 1.807) is 0 Å². The smallest absolute Gasteiger partial charge is 0.328 e. The van der Waals surface area contributed by atoms with Gasteiger partial charge in [0, 0.05) is 7.05 Å². The number of carbonyl (C=O) groups excluding carboxylic acids is 1. The topological polar surface area (TPSA) is 86.7 Å². The molecule has 1 aromatic carbocycles. The van der Waals surface area contributed by atoms with Gasteiger partial charge >= 0.3 is 15.6 Å². The highest BCUT2D eigenvalue weighted by Crippen LogP contribution is 2.27. The van der Waals surface area contributed by atoms with Crippen molar-refractivity contribution in [3.05, 3.63) is 35.9 Å². The van der Waals surface area contributed by atoms with Crippen LogP contribution in [-0.2, 0) is 21.3 Å². The lowest BCUT2D eigenvalue weighted by atomic mass is 9.92. The molecule has 26 heavy (non-hydrogen) atoms. The van der Waals surface area contributed by atoms with E-state index in [4.69, 9.17) is 13.0 Å². The van der Waals surface area contributed by atoms with Crippen LogP contribution in [-0.4, -0.2) is 48.5 Å². The van der Waals surface area contributed by atoms with Crippen LogP contribution >= 0.6 is 0 Å². The Balaban J connectivity index is 0.000000359. The van der Waals surface area contributed by atoms with E-state index in [2.05, 4.69) is 38.2 Å². The van der Waals surface area contributed by atoms with Crippen LogP contribution in [0.15, 0.2) is 30.3 Å². The molecule has 1 amide bonds. The molecule has 2 atom stereocenters. The summed E-state index contributed by atoms with van der Waals surface area (Å²) in [7, 11) is -3.96. The molecule has 1 heterocycles. The molecule has 1 aliphatic rings. The maximum Gasteiger partial charge on any atom is 0.522 e. The van der Waals surface area contributed by atoms with Gasteiger partial charge in [0.15, 0.2) is 0 Å². The molecule has 1 saturated heterocycles. The first kappa shape index (κ1) is 22.4. The summed E-state index contributed by atoms with van der Waals surface area (Å²) in [4.78, 5) is 14.1. The molecule has 0 unspecified atom stereocenters. The molecule has 0 aromatic heterocycles. The zero-order chi connectivity index (χ0) is 20.3. The lowest BCUT2D eigenvalue weighted by Crippen LogP contribution is -2.45. The van der Waals surface area contributed by atoms with Crippen LogP contribution in [0.4, 0.5) is 13.2 Å². The van der Waals surface area contributed by atoms with E-state index in [-0.39, 0.29) is 23.5 Å².